The number of aliphatic hydroxyl groups is 1. The minimum Gasteiger partial charge on any atom is -0.393 e. The molecule has 4 rings (SSSR count). The van der Waals surface area contributed by atoms with Gasteiger partial charge in [-0.3, -0.25) is 4.57 Å². The molecule has 0 aromatic carbocycles. The lowest BCUT2D eigenvalue weighted by Crippen LogP contribution is -2.45. The largest absolute Gasteiger partial charge is 0.393 e. The first-order chi connectivity index (χ1) is 11.5. The van der Waals surface area contributed by atoms with Crippen molar-refractivity contribution in [1.82, 2.24) is 9.55 Å². The summed E-state index contributed by atoms with van der Waals surface area (Å²) in [7, 11) is 0. The van der Waals surface area contributed by atoms with Crippen LogP contribution >= 0.6 is 0 Å². The monoisotopic (exact) mass is 335 g/mol. The summed E-state index contributed by atoms with van der Waals surface area (Å²) in [6.07, 6.45) is 4.84. The lowest BCUT2D eigenvalue weighted by atomic mass is 9.96. The molecular weight excluding hydrogens is 314 g/mol. The van der Waals surface area contributed by atoms with Gasteiger partial charge in [0.15, 0.2) is 12.0 Å². The zero-order chi connectivity index (χ0) is 16.9. The summed E-state index contributed by atoms with van der Waals surface area (Å²) in [5, 5.41) is 9.92. The van der Waals surface area contributed by atoms with Crippen molar-refractivity contribution in [3.05, 3.63) is 35.4 Å². The molecule has 1 aliphatic carbocycles. The number of hydrogen-bond acceptors (Lipinski definition) is 7. The Balaban J connectivity index is 1.75. The summed E-state index contributed by atoms with van der Waals surface area (Å²) >= 11 is 0. The number of nitrogens with zero attached hydrogens (tertiary/aromatic N) is 2. The molecule has 3 aliphatic rings. The van der Waals surface area contributed by atoms with Crippen molar-refractivity contribution in [1.29, 1.82) is 0 Å². The minimum atomic E-state index is -1.12. The zero-order valence-electron chi connectivity index (χ0n) is 13.3. The second kappa shape index (κ2) is 5.38. The predicted molar refractivity (Wildman–Crippen MR) is 84.0 cm³/mol. The Hall–Kier alpha value is -1.74. The summed E-state index contributed by atoms with van der Waals surface area (Å²) in [5.41, 5.74) is 3.90. The maximum Gasteiger partial charge on any atom is 0.351 e. The van der Waals surface area contributed by atoms with Gasteiger partial charge in [0.25, 0.3) is 0 Å². The third kappa shape index (κ3) is 2.14. The van der Waals surface area contributed by atoms with E-state index in [0.29, 0.717) is 0 Å². The molecule has 24 heavy (non-hydrogen) atoms. The summed E-state index contributed by atoms with van der Waals surface area (Å²) < 4.78 is 19.7. The topological polar surface area (TPSA) is 109 Å². The standard InChI is InChI=1S/C16H21N3O5/c1-2-15(9-20)12-11(22-16(23-12)6-3-4-7-16)13(24-15)19-8-5-10(17)18-14(19)21/h2,5,8,11-13,20H,1,3-4,6-7,9H2,(H2,17,18,21)/t11-,12+,13-,15-/m1/s1. The third-order valence-corrected chi connectivity index (χ3v) is 5.18. The Morgan fingerprint density at radius 3 is 2.79 bits per heavy atom. The smallest absolute Gasteiger partial charge is 0.351 e. The SMILES string of the molecule is C=C[C@]1(CO)O[C@@H](n2ccc(N)nc2=O)[C@@H]2OC3(CCCC3)O[C@@H]21. The van der Waals surface area contributed by atoms with Crippen LogP contribution in [0.2, 0.25) is 0 Å². The highest BCUT2D eigenvalue weighted by Crippen LogP contribution is 2.52. The molecule has 8 heteroatoms. The molecule has 8 nitrogen and oxygen atoms in total. The first-order valence-corrected chi connectivity index (χ1v) is 8.15. The number of nitrogens with two attached hydrogens (primary N) is 1. The molecule has 3 fully saturated rings. The second-order valence-corrected chi connectivity index (χ2v) is 6.61. The van der Waals surface area contributed by atoms with Gasteiger partial charge in [0.2, 0.25) is 0 Å². The van der Waals surface area contributed by atoms with Crippen LogP contribution in [0.3, 0.4) is 0 Å². The summed E-state index contributed by atoms with van der Waals surface area (Å²) in [5.74, 6) is -0.523. The van der Waals surface area contributed by atoms with E-state index in [-0.39, 0.29) is 12.4 Å². The van der Waals surface area contributed by atoms with Crippen molar-refractivity contribution < 1.29 is 19.3 Å². The van der Waals surface area contributed by atoms with Crippen LogP contribution in [0.4, 0.5) is 5.82 Å². The van der Waals surface area contributed by atoms with Gasteiger partial charge in [0.1, 0.15) is 23.6 Å². The van der Waals surface area contributed by atoms with Crippen molar-refractivity contribution in [2.75, 3.05) is 12.3 Å². The van der Waals surface area contributed by atoms with Gasteiger partial charge in [-0.05, 0) is 18.9 Å². The lowest BCUT2D eigenvalue weighted by molar-refractivity contribution is -0.229. The number of hydrogen-bond donors (Lipinski definition) is 2. The Kier molecular flexibility index (Phi) is 3.54. The molecule has 1 spiro atoms. The van der Waals surface area contributed by atoms with E-state index < -0.39 is 35.5 Å². The zero-order valence-corrected chi connectivity index (χ0v) is 13.3. The third-order valence-electron chi connectivity index (χ3n) is 5.18. The molecule has 3 N–H and O–H groups in total. The van der Waals surface area contributed by atoms with Gasteiger partial charge < -0.3 is 25.1 Å². The molecule has 4 atom stereocenters. The molecule has 130 valence electrons. The van der Waals surface area contributed by atoms with Gasteiger partial charge in [0, 0.05) is 19.0 Å². The molecule has 2 saturated heterocycles. The number of fused-ring (bicyclic) bond motifs is 1. The fourth-order valence-corrected chi connectivity index (χ4v) is 3.92. The van der Waals surface area contributed by atoms with E-state index in [4.69, 9.17) is 19.9 Å². The maximum absolute atomic E-state index is 12.2. The molecule has 0 bridgehead atoms. The van der Waals surface area contributed by atoms with Crippen LogP contribution in [-0.4, -0.2) is 44.9 Å². The van der Waals surface area contributed by atoms with Gasteiger partial charge in [0.05, 0.1) is 6.61 Å². The molecular formula is C16H21N3O5. The Morgan fingerprint density at radius 1 is 1.42 bits per heavy atom. The Bertz CT molecular complexity index is 714. The highest BCUT2D eigenvalue weighted by molar-refractivity contribution is 5.24. The molecule has 0 unspecified atom stereocenters. The van der Waals surface area contributed by atoms with Crippen molar-refractivity contribution in [3.8, 4) is 0 Å². The van der Waals surface area contributed by atoms with Crippen LogP contribution in [0.5, 0.6) is 0 Å². The number of anilines is 1. The molecule has 1 aromatic rings. The average molecular weight is 335 g/mol. The van der Waals surface area contributed by atoms with Gasteiger partial charge in [-0.15, -0.1) is 6.58 Å². The molecule has 1 saturated carbocycles. The van der Waals surface area contributed by atoms with Gasteiger partial charge >= 0.3 is 5.69 Å². The van der Waals surface area contributed by atoms with Crippen LogP contribution in [0.15, 0.2) is 29.7 Å². The van der Waals surface area contributed by atoms with Crippen molar-refractivity contribution >= 4 is 5.82 Å². The molecule has 1 aromatic heterocycles. The number of nitrogen functional groups attached to an aromatic ring is 1. The second-order valence-electron chi connectivity index (χ2n) is 6.61. The molecule has 0 radical (unpaired) electrons. The fourth-order valence-electron chi connectivity index (χ4n) is 3.92. The first kappa shape index (κ1) is 15.8. The van der Waals surface area contributed by atoms with Crippen LogP contribution < -0.4 is 11.4 Å². The summed E-state index contributed by atoms with van der Waals surface area (Å²) in [4.78, 5) is 16.0. The predicted octanol–water partition coefficient (Wildman–Crippen LogP) is 0.326. The number of aliphatic hydroxyl groups excluding tert-OH is 1. The molecule has 2 aliphatic heterocycles. The Labute approximate surface area is 138 Å². The highest BCUT2D eigenvalue weighted by Gasteiger charge is 2.64. The first-order valence-electron chi connectivity index (χ1n) is 8.15. The Morgan fingerprint density at radius 2 is 2.17 bits per heavy atom. The summed E-state index contributed by atoms with van der Waals surface area (Å²) in [6.45, 7) is 3.47. The van der Waals surface area contributed by atoms with E-state index in [1.165, 1.54) is 22.9 Å². The van der Waals surface area contributed by atoms with E-state index in [1.807, 2.05) is 0 Å². The van der Waals surface area contributed by atoms with E-state index in [1.54, 1.807) is 0 Å². The van der Waals surface area contributed by atoms with Gasteiger partial charge in [-0.1, -0.05) is 6.08 Å². The quantitative estimate of drug-likeness (QED) is 0.766. The van der Waals surface area contributed by atoms with Crippen molar-refractivity contribution in [3.63, 3.8) is 0 Å². The van der Waals surface area contributed by atoms with Crippen molar-refractivity contribution in [2.24, 2.45) is 0 Å². The van der Waals surface area contributed by atoms with E-state index in [0.717, 1.165) is 25.7 Å². The van der Waals surface area contributed by atoms with E-state index >= 15 is 0 Å². The fraction of sp³-hybridized carbons (Fsp3) is 0.625. The number of aromatic nitrogens is 2. The number of ether oxygens (including phenoxy) is 3. The number of rotatable bonds is 3. The van der Waals surface area contributed by atoms with Crippen LogP contribution in [0.25, 0.3) is 0 Å². The van der Waals surface area contributed by atoms with Crippen LogP contribution in [0, 0.1) is 0 Å². The van der Waals surface area contributed by atoms with Crippen LogP contribution in [-0.2, 0) is 14.2 Å². The molecule has 3 heterocycles. The maximum atomic E-state index is 12.2. The van der Waals surface area contributed by atoms with Gasteiger partial charge in [-0.25, -0.2) is 4.79 Å². The van der Waals surface area contributed by atoms with Gasteiger partial charge in [-0.2, -0.15) is 4.98 Å². The average Bonchev–Trinajstić information content (AvgIpc) is 3.24. The highest BCUT2D eigenvalue weighted by atomic mass is 16.8. The molecule has 0 amide bonds. The van der Waals surface area contributed by atoms with E-state index in [2.05, 4.69) is 11.6 Å². The van der Waals surface area contributed by atoms with Crippen LogP contribution in [0.1, 0.15) is 31.9 Å². The summed E-state index contributed by atoms with van der Waals surface area (Å²) in [6, 6.07) is 1.52. The van der Waals surface area contributed by atoms with E-state index in [9.17, 15) is 9.90 Å². The minimum absolute atomic E-state index is 0.138. The normalized spacial score (nSPS) is 37.0. The lowest BCUT2D eigenvalue weighted by Gasteiger charge is -2.32. The van der Waals surface area contributed by atoms with Crippen molar-refractivity contribution in [2.45, 2.75) is 55.5 Å².